The zero-order valence-electron chi connectivity index (χ0n) is 14.8. The van der Waals surface area contributed by atoms with Crippen molar-refractivity contribution in [2.75, 3.05) is 4.90 Å². The molecule has 0 radical (unpaired) electrons. The Kier molecular flexibility index (Phi) is 4.58. The summed E-state index contributed by atoms with van der Waals surface area (Å²) < 4.78 is 38.2. The molecule has 5 nitrogen and oxygen atoms in total. The minimum absolute atomic E-state index is 0.0269. The second kappa shape index (κ2) is 6.63. The van der Waals surface area contributed by atoms with Crippen molar-refractivity contribution in [3.05, 3.63) is 64.7 Å². The van der Waals surface area contributed by atoms with Crippen LogP contribution in [0.5, 0.6) is 0 Å². The maximum Gasteiger partial charge on any atom is 0.416 e. The molecule has 1 N–H and O–H groups in total. The molecule has 0 saturated carbocycles. The molecule has 1 aliphatic rings. The number of carbonyl (C=O) groups is 3. The van der Waals surface area contributed by atoms with Crippen LogP contribution in [0.1, 0.15) is 40.9 Å². The Morgan fingerprint density at radius 1 is 0.964 bits per heavy atom. The van der Waals surface area contributed by atoms with Crippen LogP contribution in [0.3, 0.4) is 0 Å². The van der Waals surface area contributed by atoms with E-state index in [1.165, 1.54) is 32.0 Å². The number of imide groups is 1. The summed E-state index contributed by atoms with van der Waals surface area (Å²) in [6.45, 7) is 2.49. The average molecular weight is 389 g/mol. The highest BCUT2D eigenvalue weighted by Crippen LogP contribution is 2.41. The summed E-state index contributed by atoms with van der Waals surface area (Å²) in [6.07, 6.45) is -4.54. The number of rotatable bonds is 2. The first-order valence-corrected chi connectivity index (χ1v) is 8.13. The number of aliphatic hydroxyl groups excluding tert-OH is 1. The molecular weight excluding hydrogens is 375 g/mol. The smallest absolute Gasteiger partial charge is 0.416 e. The number of halogens is 3. The summed E-state index contributed by atoms with van der Waals surface area (Å²) in [5.74, 6) is -2.29. The van der Waals surface area contributed by atoms with E-state index in [4.69, 9.17) is 0 Å². The predicted octanol–water partition coefficient (Wildman–Crippen LogP) is 4.23. The van der Waals surface area contributed by atoms with Crippen molar-refractivity contribution in [1.29, 1.82) is 0 Å². The fourth-order valence-corrected chi connectivity index (χ4v) is 2.99. The van der Waals surface area contributed by atoms with Crippen molar-refractivity contribution in [1.82, 2.24) is 0 Å². The van der Waals surface area contributed by atoms with Crippen LogP contribution >= 0.6 is 0 Å². The zero-order valence-corrected chi connectivity index (χ0v) is 14.8. The molecule has 0 fully saturated rings. The highest BCUT2D eigenvalue weighted by molar-refractivity contribution is 6.42. The van der Waals surface area contributed by atoms with Gasteiger partial charge in [0.15, 0.2) is 5.78 Å². The highest BCUT2D eigenvalue weighted by Gasteiger charge is 2.38. The molecule has 0 bridgehead atoms. The van der Waals surface area contributed by atoms with E-state index in [1.807, 2.05) is 0 Å². The van der Waals surface area contributed by atoms with Gasteiger partial charge < -0.3 is 5.11 Å². The molecule has 1 heterocycles. The molecule has 144 valence electrons. The molecule has 8 heteroatoms. The molecule has 2 aromatic carbocycles. The predicted molar refractivity (Wildman–Crippen MR) is 95.5 cm³/mol. The second-order valence-electron chi connectivity index (χ2n) is 6.25. The van der Waals surface area contributed by atoms with Crippen LogP contribution in [0.15, 0.2) is 42.5 Å². The fourth-order valence-electron chi connectivity index (χ4n) is 2.99. The van der Waals surface area contributed by atoms with Gasteiger partial charge in [-0.2, -0.15) is 13.2 Å². The number of alkyl halides is 3. The summed E-state index contributed by atoms with van der Waals surface area (Å²) >= 11 is 0. The number of Topliss-reactive ketones (excluding diaryl/α,β-unsaturated/α-hetero) is 1. The summed E-state index contributed by atoms with van der Waals surface area (Å²) in [5, 5.41) is 10.6. The molecule has 2 amide bonds. The number of anilines is 1. The van der Waals surface area contributed by atoms with Crippen LogP contribution in [0.2, 0.25) is 0 Å². The Morgan fingerprint density at radius 3 is 2.04 bits per heavy atom. The van der Waals surface area contributed by atoms with Crippen LogP contribution in [0, 0.1) is 0 Å². The number of nitrogens with zero attached hydrogens (tertiary/aromatic N) is 1. The van der Waals surface area contributed by atoms with Crippen LogP contribution in [0.4, 0.5) is 18.9 Å². The lowest BCUT2D eigenvalue weighted by Crippen LogP contribution is -2.31. The van der Waals surface area contributed by atoms with E-state index in [9.17, 15) is 32.7 Å². The normalized spacial score (nSPS) is 15.5. The molecule has 0 saturated heterocycles. The summed E-state index contributed by atoms with van der Waals surface area (Å²) in [5.41, 5.74) is -0.582. The van der Waals surface area contributed by atoms with Crippen molar-refractivity contribution in [2.24, 2.45) is 0 Å². The quantitative estimate of drug-likeness (QED) is 0.474. The number of hydrogen-bond acceptors (Lipinski definition) is 4. The van der Waals surface area contributed by atoms with Crippen molar-refractivity contribution >= 4 is 34.6 Å². The van der Waals surface area contributed by atoms with Gasteiger partial charge in [-0.3, -0.25) is 14.4 Å². The third-order valence-electron chi connectivity index (χ3n) is 4.37. The Morgan fingerprint density at radius 2 is 1.54 bits per heavy atom. The molecule has 0 aromatic heterocycles. The van der Waals surface area contributed by atoms with Gasteiger partial charge in [-0.25, -0.2) is 4.90 Å². The minimum atomic E-state index is -4.54. The molecule has 0 atom stereocenters. The van der Waals surface area contributed by atoms with Gasteiger partial charge in [-0.05, 0) is 37.3 Å². The summed E-state index contributed by atoms with van der Waals surface area (Å²) in [6, 6.07) is 7.85. The standard InChI is InChI=1S/C20H14F3NO4/c1-10(25)13-5-8-16-15(9-13)17(19(28)24(16)11(2)26)18(27)12-3-6-14(7-4-12)20(21,22)23/h3-9,27H,1-2H3. The van der Waals surface area contributed by atoms with Gasteiger partial charge in [-0.1, -0.05) is 12.1 Å². The molecule has 28 heavy (non-hydrogen) atoms. The molecule has 0 unspecified atom stereocenters. The van der Waals surface area contributed by atoms with Crippen molar-refractivity contribution in [3.8, 4) is 0 Å². The number of benzene rings is 2. The van der Waals surface area contributed by atoms with Gasteiger partial charge in [0.2, 0.25) is 5.91 Å². The van der Waals surface area contributed by atoms with Crippen LogP contribution in [-0.4, -0.2) is 22.7 Å². The first kappa shape index (κ1) is 19.3. The Bertz CT molecular complexity index is 1040. The Hall–Kier alpha value is -3.42. The summed E-state index contributed by atoms with van der Waals surface area (Å²) in [4.78, 5) is 37.2. The van der Waals surface area contributed by atoms with Gasteiger partial charge in [0.25, 0.3) is 5.91 Å². The van der Waals surface area contributed by atoms with Gasteiger partial charge >= 0.3 is 6.18 Å². The highest BCUT2D eigenvalue weighted by atomic mass is 19.4. The third-order valence-corrected chi connectivity index (χ3v) is 4.37. The maximum absolute atomic E-state index is 12.7. The molecule has 0 spiro atoms. The first-order valence-electron chi connectivity index (χ1n) is 8.13. The molecule has 1 aliphatic heterocycles. The third kappa shape index (κ3) is 3.17. The van der Waals surface area contributed by atoms with Gasteiger partial charge in [0, 0.05) is 23.6 Å². The second-order valence-corrected chi connectivity index (χ2v) is 6.25. The van der Waals surface area contributed by atoms with Gasteiger partial charge in [0.1, 0.15) is 5.76 Å². The SMILES string of the molecule is CC(=O)c1ccc2c(c1)C(=C(O)c1ccc(C(F)(F)F)cc1)C(=O)N2C(C)=O. The van der Waals surface area contributed by atoms with E-state index >= 15 is 0 Å². The van der Waals surface area contributed by atoms with E-state index in [0.717, 1.165) is 29.2 Å². The van der Waals surface area contributed by atoms with E-state index in [1.54, 1.807) is 0 Å². The molecule has 0 aliphatic carbocycles. The lowest BCUT2D eigenvalue weighted by atomic mass is 9.98. The summed E-state index contributed by atoms with van der Waals surface area (Å²) in [7, 11) is 0. The monoisotopic (exact) mass is 389 g/mol. The number of aliphatic hydroxyl groups is 1. The number of fused-ring (bicyclic) bond motifs is 1. The van der Waals surface area contributed by atoms with E-state index < -0.39 is 29.3 Å². The number of carbonyl (C=O) groups excluding carboxylic acids is 3. The Labute approximate surface area is 157 Å². The zero-order chi connectivity index (χ0) is 20.8. The van der Waals surface area contributed by atoms with E-state index in [-0.39, 0.29) is 33.7 Å². The van der Waals surface area contributed by atoms with Crippen molar-refractivity contribution in [2.45, 2.75) is 20.0 Å². The average Bonchev–Trinajstić information content (AvgIpc) is 2.91. The van der Waals surface area contributed by atoms with E-state index in [0.29, 0.717) is 0 Å². The van der Waals surface area contributed by atoms with Gasteiger partial charge in [0.05, 0.1) is 16.8 Å². The van der Waals surface area contributed by atoms with Crippen molar-refractivity contribution in [3.63, 3.8) is 0 Å². The molecule has 2 aromatic rings. The largest absolute Gasteiger partial charge is 0.506 e. The first-order chi connectivity index (χ1) is 13.0. The van der Waals surface area contributed by atoms with Crippen LogP contribution in [-0.2, 0) is 15.8 Å². The van der Waals surface area contributed by atoms with Gasteiger partial charge in [-0.15, -0.1) is 0 Å². The van der Waals surface area contributed by atoms with Crippen LogP contribution in [0.25, 0.3) is 11.3 Å². The molecule has 3 rings (SSSR count). The molecular formula is C20H14F3NO4. The lowest BCUT2D eigenvalue weighted by Gasteiger charge is -2.12. The van der Waals surface area contributed by atoms with E-state index in [2.05, 4.69) is 0 Å². The maximum atomic E-state index is 12.7. The minimum Gasteiger partial charge on any atom is -0.506 e. The topological polar surface area (TPSA) is 74.7 Å². The fraction of sp³-hybridized carbons (Fsp3) is 0.150. The Balaban J connectivity index is 2.20. The number of ketones is 1. The number of hydrogen-bond donors (Lipinski definition) is 1. The van der Waals surface area contributed by atoms with Crippen LogP contribution < -0.4 is 4.90 Å². The lowest BCUT2D eigenvalue weighted by molar-refractivity contribution is -0.137. The van der Waals surface area contributed by atoms with Crippen molar-refractivity contribution < 1.29 is 32.7 Å². The number of amides is 2.